The molecule has 0 radical (unpaired) electrons. The summed E-state index contributed by atoms with van der Waals surface area (Å²) in [7, 11) is 3.97. The van der Waals surface area contributed by atoms with E-state index in [1.54, 1.807) is 18.3 Å². The molecule has 11 heteroatoms. The molecule has 0 spiro atoms. The van der Waals surface area contributed by atoms with Crippen LogP contribution in [0.5, 0.6) is 17.2 Å². The van der Waals surface area contributed by atoms with Crippen LogP contribution in [-0.2, 0) is 23.9 Å². The number of carbonyl (C=O) groups is 2. The normalized spacial score (nSPS) is 23.9. The molecule has 1 N–H and O–H groups in total. The third-order valence-corrected chi connectivity index (χ3v) is 9.33. The maximum absolute atomic E-state index is 14.1. The van der Waals surface area contributed by atoms with Crippen LogP contribution < -0.4 is 14.8 Å². The van der Waals surface area contributed by atoms with Crippen LogP contribution >= 0.6 is 0 Å². The zero-order chi connectivity index (χ0) is 30.7. The van der Waals surface area contributed by atoms with E-state index in [4.69, 9.17) is 9.47 Å². The summed E-state index contributed by atoms with van der Waals surface area (Å²) in [6, 6.07) is 11.6. The lowest BCUT2D eigenvalue weighted by Gasteiger charge is -2.22. The fourth-order valence-electron chi connectivity index (χ4n) is 6.84. The van der Waals surface area contributed by atoms with Gasteiger partial charge in [-0.3, -0.25) is 14.5 Å². The van der Waals surface area contributed by atoms with Crippen molar-refractivity contribution in [3.05, 3.63) is 76.5 Å². The molecule has 4 atom stereocenters. The van der Waals surface area contributed by atoms with Gasteiger partial charge in [0.1, 0.15) is 29.2 Å². The number of alkyl halides is 3. The standard InChI is InChI=1S/C33H33F3N4O4/c1-39(2)20-10-12-40(17-20)16-19-4-3-18(13-25(19)33(34,35)36)26(41)15-24-30-23-14-21(5-7-27(23)44-31(24)30)43-28-9-11-37-32-22(28)6-8-29(42)38-32/h3-5,7,9,11,13-14,20,24,30-31H,6,8,10,12,15-17H2,1-2H3,(H,37,38,42)/t20-,24+,30+,31-/m1/s1. The largest absolute Gasteiger partial charge is 0.489 e. The quantitative estimate of drug-likeness (QED) is 0.332. The summed E-state index contributed by atoms with van der Waals surface area (Å²) in [5, 5.41) is 2.77. The lowest BCUT2D eigenvalue weighted by molar-refractivity contribution is -0.138. The van der Waals surface area contributed by atoms with E-state index >= 15 is 0 Å². The van der Waals surface area contributed by atoms with Gasteiger partial charge in [0.2, 0.25) is 5.91 Å². The van der Waals surface area contributed by atoms with Crippen LogP contribution in [0.1, 0.15) is 57.8 Å². The first-order valence-corrected chi connectivity index (χ1v) is 14.9. The molecule has 4 heterocycles. The second kappa shape index (κ2) is 10.9. The second-order valence-corrected chi connectivity index (χ2v) is 12.4. The van der Waals surface area contributed by atoms with Gasteiger partial charge in [-0.15, -0.1) is 0 Å². The van der Waals surface area contributed by atoms with Gasteiger partial charge in [0, 0.05) is 73.2 Å². The summed E-state index contributed by atoms with van der Waals surface area (Å²) in [5.74, 6) is 1.89. The topological polar surface area (TPSA) is 84.0 Å². The van der Waals surface area contributed by atoms with Crippen LogP contribution in [0.15, 0.2) is 48.7 Å². The lowest BCUT2D eigenvalue weighted by atomic mass is 9.97. The van der Waals surface area contributed by atoms with E-state index in [1.807, 2.05) is 31.1 Å². The average Bonchev–Trinajstić information content (AvgIpc) is 3.28. The number of fused-ring (bicyclic) bond motifs is 4. The Morgan fingerprint density at radius 1 is 1.16 bits per heavy atom. The number of benzene rings is 2. The molecule has 0 unspecified atom stereocenters. The molecule has 1 saturated heterocycles. The van der Waals surface area contributed by atoms with Gasteiger partial charge in [0.25, 0.3) is 0 Å². The molecule has 44 heavy (non-hydrogen) atoms. The SMILES string of the molecule is CN(C)[C@@H]1CCN(Cc2ccc(C(=O)C[C@@H]3[C@H]4Oc5ccc(Oc6ccnc7c6CCC(=O)N7)cc5[C@@H]34)cc2C(F)(F)F)C1. The number of halogens is 3. The number of pyridine rings is 1. The third-order valence-electron chi connectivity index (χ3n) is 9.33. The first-order valence-electron chi connectivity index (χ1n) is 14.9. The number of hydrogen-bond acceptors (Lipinski definition) is 7. The van der Waals surface area contributed by atoms with E-state index in [1.165, 1.54) is 12.1 Å². The van der Waals surface area contributed by atoms with Crippen molar-refractivity contribution < 1.29 is 32.2 Å². The van der Waals surface area contributed by atoms with Gasteiger partial charge in [-0.2, -0.15) is 13.2 Å². The van der Waals surface area contributed by atoms with Crippen molar-refractivity contribution in [1.29, 1.82) is 0 Å². The summed E-state index contributed by atoms with van der Waals surface area (Å²) in [5.41, 5.74) is 1.28. The zero-order valence-corrected chi connectivity index (χ0v) is 24.5. The highest BCUT2D eigenvalue weighted by molar-refractivity contribution is 5.97. The number of ketones is 1. The predicted molar refractivity (Wildman–Crippen MR) is 156 cm³/mol. The van der Waals surface area contributed by atoms with Crippen LogP contribution in [-0.4, -0.2) is 65.8 Å². The minimum absolute atomic E-state index is 0.0238. The molecule has 2 fully saturated rings. The molecule has 1 aromatic heterocycles. The van der Waals surface area contributed by atoms with Gasteiger partial charge in [-0.05, 0) is 62.8 Å². The molecule has 1 amide bonds. The number of nitrogens with zero attached hydrogens (tertiary/aromatic N) is 3. The average molecular weight is 607 g/mol. The van der Waals surface area contributed by atoms with Gasteiger partial charge < -0.3 is 19.7 Å². The maximum Gasteiger partial charge on any atom is 0.416 e. The Hall–Kier alpha value is -3.96. The minimum atomic E-state index is -4.56. The molecule has 3 aromatic rings. The Morgan fingerprint density at radius 3 is 2.77 bits per heavy atom. The number of rotatable bonds is 8. The van der Waals surface area contributed by atoms with E-state index in [2.05, 4.69) is 15.2 Å². The summed E-state index contributed by atoms with van der Waals surface area (Å²) in [6.07, 6.45) is -1.26. The first kappa shape index (κ1) is 28.8. The molecule has 3 aliphatic heterocycles. The van der Waals surface area contributed by atoms with Crippen LogP contribution in [0, 0.1) is 5.92 Å². The van der Waals surface area contributed by atoms with E-state index in [0.717, 1.165) is 35.9 Å². The highest BCUT2D eigenvalue weighted by Gasteiger charge is 2.59. The van der Waals surface area contributed by atoms with Gasteiger partial charge in [0.05, 0.1) is 5.56 Å². The van der Waals surface area contributed by atoms with Crippen molar-refractivity contribution in [2.45, 2.75) is 56.5 Å². The summed E-state index contributed by atoms with van der Waals surface area (Å²) in [4.78, 5) is 33.4. The fraction of sp³-hybridized carbons (Fsp3) is 0.424. The summed E-state index contributed by atoms with van der Waals surface area (Å²) >= 11 is 0. The Kier molecular flexibility index (Phi) is 7.12. The predicted octanol–water partition coefficient (Wildman–Crippen LogP) is 5.66. The van der Waals surface area contributed by atoms with E-state index in [9.17, 15) is 22.8 Å². The van der Waals surface area contributed by atoms with Gasteiger partial charge in [0.15, 0.2) is 5.78 Å². The number of likely N-dealkylation sites (tertiary alicyclic amines) is 1. The molecule has 7 rings (SSSR count). The number of aromatic nitrogens is 1. The summed E-state index contributed by atoms with van der Waals surface area (Å²) < 4.78 is 54.6. The van der Waals surface area contributed by atoms with Crippen molar-refractivity contribution in [3.8, 4) is 17.2 Å². The number of nitrogens with one attached hydrogen (secondary N) is 1. The monoisotopic (exact) mass is 606 g/mol. The molecular formula is C33H33F3N4O4. The van der Waals surface area contributed by atoms with Crippen molar-refractivity contribution in [2.24, 2.45) is 5.92 Å². The van der Waals surface area contributed by atoms with Crippen molar-refractivity contribution >= 4 is 17.5 Å². The smallest absolute Gasteiger partial charge is 0.416 e. The fourth-order valence-corrected chi connectivity index (χ4v) is 6.84. The number of ether oxygens (including phenoxy) is 2. The molecule has 230 valence electrons. The maximum atomic E-state index is 14.1. The molecule has 8 nitrogen and oxygen atoms in total. The third kappa shape index (κ3) is 5.43. The Bertz CT molecular complexity index is 1640. The Morgan fingerprint density at radius 2 is 2.00 bits per heavy atom. The number of likely N-dealkylation sites (N-methyl/N-ethyl adjacent to an activating group) is 1. The van der Waals surface area contributed by atoms with E-state index in [0.29, 0.717) is 42.7 Å². The van der Waals surface area contributed by atoms with Gasteiger partial charge >= 0.3 is 6.18 Å². The van der Waals surface area contributed by atoms with Crippen LogP contribution in [0.3, 0.4) is 0 Å². The van der Waals surface area contributed by atoms with Crippen molar-refractivity contribution in [2.75, 3.05) is 32.5 Å². The highest BCUT2D eigenvalue weighted by atomic mass is 19.4. The minimum Gasteiger partial charge on any atom is -0.489 e. The zero-order valence-electron chi connectivity index (χ0n) is 24.5. The molecule has 4 aliphatic rings. The molecule has 2 aromatic carbocycles. The van der Waals surface area contributed by atoms with Crippen LogP contribution in [0.2, 0.25) is 0 Å². The second-order valence-electron chi connectivity index (χ2n) is 12.4. The Labute approximate surface area is 253 Å². The first-order chi connectivity index (χ1) is 21.0. The van der Waals surface area contributed by atoms with Crippen LogP contribution in [0.25, 0.3) is 0 Å². The molecule has 1 aliphatic carbocycles. The number of hydrogen-bond donors (Lipinski definition) is 1. The molecule has 0 bridgehead atoms. The lowest BCUT2D eigenvalue weighted by Crippen LogP contribution is -2.31. The van der Waals surface area contributed by atoms with Crippen molar-refractivity contribution in [1.82, 2.24) is 14.8 Å². The van der Waals surface area contributed by atoms with Crippen LogP contribution in [0.4, 0.5) is 19.0 Å². The summed E-state index contributed by atoms with van der Waals surface area (Å²) in [6.45, 7) is 1.65. The number of carbonyl (C=O) groups excluding carboxylic acids is 2. The number of Topliss-reactive ketones (excluding diaryl/α,β-unsaturated/α-hetero) is 1. The highest BCUT2D eigenvalue weighted by Crippen LogP contribution is 2.60. The van der Waals surface area contributed by atoms with Gasteiger partial charge in [-0.25, -0.2) is 4.98 Å². The van der Waals surface area contributed by atoms with E-state index < -0.39 is 11.7 Å². The van der Waals surface area contributed by atoms with Gasteiger partial charge in [-0.1, -0.05) is 12.1 Å². The Balaban J connectivity index is 1.04. The van der Waals surface area contributed by atoms with E-state index in [-0.39, 0.29) is 53.7 Å². The number of amides is 1. The molecular weight excluding hydrogens is 573 g/mol. The van der Waals surface area contributed by atoms with Crippen molar-refractivity contribution in [3.63, 3.8) is 0 Å². The molecule has 1 saturated carbocycles. The number of anilines is 1.